The van der Waals surface area contributed by atoms with Gasteiger partial charge in [0.1, 0.15) is 10.8 Å². The number of benzene rings is 2. The molecular formula is C23H26N2O2S. The number of carbonyl (C=O) groups is 1. The summed E-state index contributed by atoms with van der Waals surface area (Å²) in [6.45, 7) is 6.83. The molecule has 3 rings (SSSR count). The summed E-state index contributed by atoms with van der Waals surface area (Å²) in [6, 6.07) is 16.3. The third kappa shape index (κ3) is 5.42. The van der Waals surface area contributed by atoms with Crippen molar-refractivity contribution in [2.75, 3.05) is 13.2 Å². The van der Waals surface area contributed by atoms with Crippen molar-refractivity contribution in [2.45, 2.75) is 33.1 Å². The number of thiazole rings is 1. The second-order valence-electron chi connectivity index (χ2n) is 7.09. The highest BCUT2D eigenvalue weighted by atomic mass is 32.1. The Morgan fingerprint density at radius 2 is 1.96 bits per heavy atom. The van der Waals surface area contributed by atoms with Gasteiger partial charge in [-0.1, -0.05) is 56.3 Å². The minimum Gasteiger partial charge on any atom is -0.483 e. The van der Waals surface area contributed by atoms with E-state index in [1.807, 2.05) is 36.6 Å². The molecular weight excluding hydrogens is 368 g/mol. The van der Waals surface area contributed by atoms with Crippen LogP contribution < -0.4 is 10.1 Å². The van der Waals surface area contributed by atoms with E-state index < -0.39 is 0 Å². The van der Waals surface area contributed by atoms with E-state index in [9.17, 15) is 4.79 Å². The van der Waals surface area contributed by atoms with Crippen LogP contribution in [-0.2, 0) is 11.2 Å². The number of aryl methyl sites for hydroxylation is 1. The van der Waals surface area contributed by atoms with Gasteiger partial charge in [-0.25, -0.2) is 4.98 Å². The average Bonchev–Trinajstić information content (AvgIpc) is 3.16. The smallest absolute Gasteiger partial charge is 0.257 e. The van der Waals surface area contributed by atoms with E-state index in [0.29, 0.717) is 18.9 Å². The minimum atomic E-state index is -0.116. The van der Waals surface area contributed by atoms with E-state index in [2.05, 4.69) is 48.4 Å². The third-order valence-corrected chi connectivity index (χ3v) is 5.37. The molecule has 1 aromatic heterocycles. The molecule has 4 nitrogen and oxygen atoms in total. The Hall–Kier alpha value is -2.66. The number of ether oxygens (including phenoxy) is 1. The number of carbonyl (C=O) groups excluding carboxylic acids is 1. The van der Waals surface area contributed by atoms with Crippen molar-refractivity contribution in [3.63, 3.8) is 0 Å². The Kier molecular flexibility index (Phi) is 6.82. The van der Waals surface area contributed by atoms with Crippen molar-refractivity contribution in [3.05, 3.63) is 70.7 Å². The number of aromatic nitrogens is 1. The fourth-order valence-corrected chi connectivity index (χ4v) is 3.76. The lowest BCUT2D eigenvalue weighted by Gasteiger charge is -2.14. The maximum Gasteiger partial charge on any atom is 0.257 e. The third-order valence-electron chi connectivity index (χ3n) is 4.43. The van der Waals surface area contributed by atoms with Gasteiger partial charge in [0.2, 0.25) is 0 Å². The quantitative estimate of drug-likeness (QED) is 0.586. The van der Waals surface area contributed by atoms with E-state index in [-0.39, 0.29) is 12.5 Å². The molecule has 0 saturated heterocycles. The highest BCUT2D eigenvalue weighted by molar-refractivity contribution is 7.13. The zero-order valence-corrected chi connectivity index (χ0v) is 17.4. The normalized spacial score (nSPS) is 10.9. The van der Waals surface area contributed by atoms with Crippen molar-refractivity contribution in [1.82, 2.24) is 10.3 Å². The topological polar surface area (TPSA) is 51.2 Å². The van der Waals surface area contributed by atoms with Gasteiger partial charge in [-0.05, 0) is 30.0 Å². The summed E-state index contributed by atoms with van der Waals surface area (Å²) < 4.78 is 5.78. The van der Waals surface area contributed by atoms with Crippen molar-refractivity contribution < 1.29 is 9.53 Å². The van der Waals surface area contributed by atoms with E-state index in [0.717, 1.165) is 33.1 Å². The molecule has 0 aliphatic rings. The number of hydrogen-bond acceptors (Lipinski definition) is 4. The van der Waals surface area contributed by atoms with Crippen molar-refractivity contribution in [3.8, 4) is 16.3 Å². The molecule has 0 bridgehead atoms. The van der Waals surface area contributed by atoms with Crippen LogP contribution in [-0.4, -0.2) is 24.0 Å². The monoisotopic (exact) mass is 394 g/mol. The van der Waals surface area contributed by atoms with Crippen LogP contribution in [0.15, 0.2) is 53.9 Å². The molecule has 2 aromatic carbocycles. The molecule has 5 heteroatoms. The van der Waals surface area contributed by atoms with Crippen LogP contribution in [0.2, 0.25) is 0 Å². The Morgan fingerprint density at radius 1 is 1.18 bits per heavy atom. The summed E-state index contributed by atoms with van der Waals surface area (Å²) in [4.78, 5) is 16.8. The number of nitrogens with one attached hydrogen (secondary N) is 1. The van der Waals surface area contributed by atoms with Gasteiger partial charge in [-0.2, -0.15) is 0 Å². The minimum absolute atomic E-state index is 0.0233. The largest absolute Gasteiger partial charge is 0.483 e. The van der Waals surface area contributed by atoms with Gasteiger partial charge >= 0.3 is 0 Å². The second-order valence-corrected chi connectivity index (χ2v) is 7.95. The molecule has 0 atom stereocenters. The predicted molar refractivity (Wildman–Crippen MR) is 115 cm³/mol. The summed E-state index contributed by atoms with van der Waals surface area (Å²) in [5.74, 6) is 1.02. The molecule has 0 fully saturated rings. The Labute approximate surface area is 170 Å². The van der Waals surface area contributed by atoms with Crippen LogP contribution in [0, 0.1) is 6.92 Å². The first-order valence-electron chi connectivity index (χ1n) is 9.53. The summed E-state index contributed by atoms with van der Waals surface area (Å²) in [5.41, 5.74) is 4.35. The maximum absolute atomic E-state index is 12.1. The second kappa shape index (κ2) is 9.51. The number of nitrogens with zero attached hydrogens (tertiary/aromatic N) is 1. The Balaban J connectivity index is 1.47. The molecule has 0 radical (unpaired) electrons. The summed E-state index contributed by atoms with van der Waals surface area (Å²) in [7, 11) is 0. The van der Waals surface area contributed by atoms with E-state index >= 15 is 0 Å². The zero-order valence-electron chi connectivity index (χ0n) is 16.6. The van der Waals surface area contributed by atoms with Gasteiger partial charge in [0.25, 0.3) is 5.91 Å². The van der Waals surface area contributed by atoms with E-state index in [1.54, 1.807) is 11.3 Å². The van der Waals surface area contributed by atoms with Crippen LogP contribution in [0.4, 0.5) is 0 Å². The van der Waals surface area contributed by atoms with Gasteiger partial charge in [0.15, 0.2) is 6.61 Å². The van der Waals surface area contributed by atoms with Gasteiger partial charge < -0.3 is 10.1 Å². The van der Waals surface area contributed by atoms with Crippen molar-refractivity contribution in [1.29, 1.82) is 0 Å². The molecule has 146 valence electrons. The highest BCUT2D eigenvalue weighted by Gasteiger charge is 2.10. The summed E-state index contributed by atoms with van der Waals surface area (Å²) >= 11 is 1.63. The van der Waals surface area contributed by atoms with Crippen LogP contribution in [0.3, 0.4) is 0 Å². The molecule has 1 N–H and O–H groups in total. The van der Waals surface area contributed by atoms with Gasteiger partial charge in [-0.3, -0.25) is 4.79 Å². The first kappa shape index (κ1) is 20.1. The molecule has 0 saturated carbocycles. The van der Waals surface area contributed by atoms with Gasteiger partial charge in [0.05, 0.1) is 5.69 Å². The molecule has 0 aliphatic carbocycles. The van der Waals surface area contributed by atoms with E-state index in [1.165, 1.54) is 0 Å². The summed E-state index contributed by atoms with van der Waals surface area (Å²) in [6.07, 6.45) is 0.705. The predicted octanol–water partition coefficient (Wildman–Crippen LogP) is 4.98. The molecule has 3 aromatic rings. The van der Waals surface area contributed by atoms with Crippen molar-refractivity contribution >= 4 is 17.2 Å². The Bertz CT molecular complexity index is 919. The molecule has 0 unspecified atom stereocenters. The highest BCUT2D eigenvalue weighted by Crippen LogP contribution is 2.27. The van der Waals surface area contributed by atoms with Crippen molar-refractivity contribution in [2.24, 2.45) is 0 Å². The summed E-state index contributed by atoms with van der Waals surface area (Å²) in [5, 5.41) is 5.97. The fraction of sp³-hybridized carbons (Fsp3) is 0.304. The number of amides is 1. The average molecular weight is 395 g/mol. The lowest BCUT2D eigenvalue weighted by molar-refractivity contribution is -0.123. The van der Waals surface area contributed by atoms with E-state index in [4.69, 9.17) is 4.74 Å². The standard InChI is InChI=1S/C23H26N2O2S/c1-16(2)20-10-9-17(3)13-21(20)27-14-22(26)24-12-11-19-15-28-23(25-19)18-7-5-4-6-8-18/h4-10,13,15-16H,11-12,14H2,1-3H3,(H,24,26). The van der Waals surface area contributed by atoms with Crippen LogP contribution >= 0.6 is 11.3 Å². The molecule has 0 aliphatic heterocycles. The lowest BCUT2D eigenvalue weighted by Crippen LogP contribution is -2.30. The van der Waals surface area contributed by atoms with Crippen LogP contribution in [0.1, 0.15) is 36.6 Å². The maximum atomic E-state index is 12.1. The first-order valence-corrected chi connectivity index (χ1v) is 10.4. The van der Waals surface area contributed by atoms with Crippen LogP contribution in [0.5, 0.6) is 5.75 Å². The zero-order chi connectivity index (χ0) is 19.9. The van der Waals surface area contributed by atoms with Gasteiger partial charge in [-0.15, -0.1) is 11.3 Å². The molecule has 28 heavy (non-hydrogen) atoms. The molecule has 1 amide bonds. The SMILES string of the molecule is Cc1ccc(C(C)C)c(OCC(=O)NCCc2csc(-c3ccccc3)n2)c1. The van der Waals surface area contributed by atoms with Crippen LogP contribution in [0.25, 0.3) is 10.6 Å². The van der Waals surface area contributed by atoms with Gasteiger partial charge in [0, 0.05) is 23.9 Å². The number of hydrogen-bond donors (Lipinski definition) is 1. The molecule has 0 spiro atoms. The molecule has 1 heterocycles. The first-order chi connectivity index (χ1) is 13.5. The fourth-order valence-electron chi connectivity index (χ4n) is 2.90. The Morgan fingerprint density at radius 3 is 2.71 bits per heavy atom. The lowest BCUT2D eigenvalue weighted by atomic mass is 10.0. The number of rotatable bonds is 8.